The molecular formula is C15H22N2O2. The Balaban J connectivity index is 2.08. The number of methoxy groups -OCH3 is 1. The lowest BCUT2D eigenvalue weighted by atomic mass is 10.0. The van der Waals surface area contributed by atoms with Gasteiger partial charge >= 0.3 is 5.97 Å². The quantitative estimate of drug-likeness (QED) is 0.841. The number of nitrogens with zero attached hydrogens (tertiary/aromatic N) is 1. The lowest BCUT2D eigenvalue weighted by Crippen LogP contribution is -2.51. The Kier molecular flexibility index (Phi) is 4.43. The van der Waals surface area contributed by atoms with E-state index in [1.807, 2.05) is 0 Å². The van der Waals surface area contributed by atoms with Crippen LogP contribution in [0.15, 0.2) is 18.2 Å². The maximum absolute atomic E-state index is 11.4. The summed E-state index contributed by atoms with van der Waals surface area (Å²) in [6.45, 7) is 7.01. The van der Waals surface area contributed by atoms with Crippen molar-refractivity contribution >= 4 is 11.7 Å². The van der Waals surface area contributed by atoms with Crippen molar-refractivity contribution in [3.63, 3.8) is 0 Å². The number of piperazine rings is 1. The summed E-state index contributed by atoms with van der Waals surface area (Å²) in [5.41, 5.74) is 3.90. The molecule has 1 N–H and O–H groups in total. The predicted octanol–water partition coefficient (Wildman–Crippen LogP) is 1.64. The molecular weight excluding hydrogens is 240 g/mol. The largest absolute Gasteiger partial charge is 0.469 e. The molecule has 0 spiro atoms. The maximum atomic E-state index is 11.4. The predicted molar refractivity (Wildman–Crippen MR) is 76.6 cm³/mol. The first kappa shape index (κ1) is 13.9. The van der Waals surface area contributed by atoms with Crippen molar-refractivity contribution in [3.05, 3.63) is 29.3 Å². The van der Waals surface area contributed by atoms with Gasteiger partial charge in [0.25, 0.3) is 0 Å². The maximum Gasteiger partial charge on any atom is 0.307 e. The summed E-state index contributed by atoms with van der Waals surface area (Å²) in [4.78, 5) is 13.7. The minimum Gasteiger partial charge on any atom is -0.469 e. The van der Waals surface area contributed by atoms with Crippen LogP contribution in [-0.4, -0.2) is 38.8 Å². The number of nitrogens with one attached hydrogen (secondary N) is 1. The van der Waals surface area contributed by atoms with E-state index in [-0.39, 0.29) is 12.0 Å². The van der Waals surface area contributed by atoms with E-state index in [0.29, 0.717) is 6.42 Å². The lowest BCUT2D eigenvalue weighted by Gasteiger charge is -2.36. The van der Waals surface area contributed by atoms with Gasteiger partial charge in [0, 0.05) is 31.4 Å². The Labute approximate surface area is 114 Å². The summed E-state index contributed by atoms with van der Waals surface area (Å²) >= 11 is 0. The van der Waals surface area contributed by atoms with E-state index in [4.69, 9.17) is 4.74 Å². The van der Waals surface area contributed by atoms with Crippen LogP contribution in [0, 0.1) is 13.8 Å². The molecule has 2 rings (SSSR count). The molecule has 1 heterocycles. The molecule has 1 aromatic rings. The van der Waals surface area contributed by atoms with Crippen molar-refractivity contribution in [2.45, 2.75) is 26.3 Å². The second-order valence-corrected chi connectivity index (χ2v) is 5.10. The van der Waals surface area contributed by atoms with Gasteiger partial charge in [-0.1, -0.05) is 12.1 Å². The smallest absolute Gasteiger partial charge is 0.307 e. The number of rotatable bonds is 3. The van der Waals surface area contributed by atoms with Crippen molar-refractivity contribution in [1.82, 2.24) is 5.32 Å². The second kappa shape index (κ2) is 6.06. The molecule has 1 aliphatic rings. The molecule has 1 atom stereocenters. The highest BCUT2D eigenvalue weighted by molar-refractivity contribution is 5.70. The van der Waals surface area contributed by atoms with Gasteiger partial charge < -0.3 is 15.0 Å². The Bertz CT molecular complexity index is 459. The monoisotopic (exact) mass is 262 g/mol. The molecule has 0 saturated carbocycles. The lowest BCUT2D eigenvalue weighted by molar-refractivity contribution is -0.141. The first-order valence-corrected chi connectivity index (χ1v) is 6.73. The molecule has 0 aromatic heterocycles. The highest BCUT2D eigenvalue weighted by atomic mass is 16.5. The van der Waals surface area contributed by atoms with Crippen molar-refractivity contribution in [3.8, 4) is 0 Å². The molecule has 0 radical (unpaired) electrons. The van der Waals surface area contributed by atoms with Crippen molar-refractivity contribution < 1.29 is 9.53 Å². The average Bonchev–Trinajstić information content (AvgIpc) is 2.42. The van der Waals surface area contributed by atoms with Crippen LogP contribution in [0.5, 0.6) is 0 Å². The molecule has 4 heteroatoms. The van der Waals surface area contributed by atoms with Crippen LogP contribution in [0.4, 0.5) is 5.69 Å². The number of carbonyl (C=O) groups is 1. The third kappa shape index (κ3) is 3.26. The fraction of sp³-hybridized carbons (Fsp3) is 0.533. The van der Waals surface area contributed by atoms with Gasteiger partial charge in [0.2, 0.25) is 0 Å². The third-order valence-corrected chi connectivity index (χ3v) is 3.81. The average molecular weight is 262 g/mol. The summed E-state index contributed by atoms with van der Waals surface area (Å²) in [6.07, 6.45) is 0.428. The van der Waals surface area contributed by atoms with Crippen LogP contribution in [0.2, 0.25) is 0 Å². The van der Waals surface area contributed by atoms with Gasteiger partial charge in [-0.2, -0.15) is 0 Å². The number of carbonyl (C=O) groups excluding carboxylic acids is 1. The molecule has 104 valence electrons. The molecule has 0 aliphatic carbocycles. The zero-order valence-electron chi connectivity index (χ0n) is 11.9. The summed E-state index contributed by atoms with van der Waals surface area (Å²) < 4.78 is 4.74. The molecule has 4 nitrogen and oxygen atoms in total. The Hall–Kier alpha value is -1.55. The van der Waals surface area contributed by atoms with Crippen molar-refractivity contribution in [2.24, 2.45) is 0 Å². The number of hydrogen-bond acceptors (Lipinski definition) is 4. The molecule has 1 saturated heterocycles. The molecule has 0 amide bonds. The first-order chi connectivity index (χ1) is 9.11. The highest BCUT2D eigenvalue weighted by Gasteiger charge is 2.23. The minimum absolute atomic E-state index is 0.152. The van der Waals surface area contributed by atoms with Crippen LogP contribution in [0.25, 0.3) is 0 Å². The van der Waals surface area contributed by atoms with E-state index in [9.17, 15) is 4.79 Å². The number of esters is 1. The van der Waals surface area contributed by atoms with Crippen LogP contribution in [0.1, 0.15) is 17.5 Å². The van der Waals surface area contributed by atoms with Gasteiger partial charge in [-0.15, -0.1) is 0 Å². The number of anilines is 1. The van der Waals surface area contributed by atoms with Crippen LogP contribution >= 0.6 is 0 Å². The van der Waals surface area contributed by atoms with E-state index in [1.54, 1.807) is 0 Å². The fourth-order valence-corrected chi connectivity index (χ4v) is 2.54. The summed E-state index contributed by atoms with van der Waals surface area (Å²) in [6, 6.07) is 6.55. The Morgan fingerprint density at radius 2 is 2.26 bits per heavy atom. The van der Waals surface area contributed by atoms with Crippen LogP contribution in [-0.2, 0) is 9.53 Å². The van der Waals surface area contributed by atoms with E-state index in [0.717, 1.165) is 19.6 Å². The molecule has 1 aromatic carbocycles. The molecule has 19 heavy (non-hydrogen) atoms. The van der Waals surface area contributed by atoms with Crippen LogP contribution in [0.3, 0.4) is 0 Å². The van der Waals surface area contributed by atoms with E-state index in [2.05, 4.69) is 42.3 Å². The topological polar surface area (TPSA) is 41.6 Å². The fourth-order valence-electron chi connectivity index (χ4n) is 2.54. The minimum atomic E-state index is -0.152. The van der Waals surface area contributed by atoms with Gasteiger partial charge in [0.05, 0.1) is 13.5 Å². The summed E-state index contributed by atoms with van der Waals surface area (Å²) in [5, 5.41) is 3.38. The van der Waals surface area contributed by atoms with Crippen LogP contribution < -0.4 is 10.2 Å². The SMILES string of the molecule is COC(=O)CC1CN(c2cccc(C)c2C)CCN1. The van der Waals surface area contributed by atoms with E-state index in [1.165, 1.54) is 23.9 Å². The Morgan fingerprint density at radius 3 is 3.00 bits per heavy atom. The summed E-state index contributed by atoms with van der Waals surface area (Å²) in [5.74, 6) is -0.152. The molecule has 1 fully saturated rings. The first-order valence-electron chi connectivity index (χ1n) is 6.73. The van der Waals surface area contributed by atoms with E-state index < -0.39 is 0 Å². The molecule has 1 unspecified atom stereocenters. The van der Waals surface area contributed by atoms with E-state index >= 15 is 0 Å². The third-order valence-electron chi connectivity index (χ3n) is 3.81. The standard InChI is InChI=1S/C15H22N2O2/c1-11-5-4-6-14(12(11)2)17-8-7-16-13(10-17)9-15(18)19-3/h4-6,13,16H,7-10H2,1-3H3. The van der Waals surface area contributed by atoms with Crippen molar-refractivity contribution in [2.75, 3.05) is 31.6 Å². The Morgan fingerprint density at radius 1 is 1.47 bits per heavy atom. The second-order valence-electron chi connectivity index (χ2n) is 5.10. The number of ether oxygens (including phenoxy) is 1. The number of aryl methyl sites for hydroxylation is 1. The number of benzene rings is 1. The van der Waals surface area contributed by atoms with Gasteiger partial charge in [-0.05, 0) is 31.0 Å². The summed E-state index contributed by atoms with van der Waals surface area (Å²) in [7, 11) is 1.44. The molecule has 1 aliphatic heterocycles. The van der Waals surface area contributed by atoms with Gasteiger partial charge in [-0.3, -0.25) is 4.79 Å². The van der Waals surface area contributed by atoms with Gasteiger partial charge in [0.1, 0.15) is 0 Å². The van der Waals surface area contributed by atoms with Crippen molar-refractivity contribution in [1.29, 1.82) is 0 Å². The normalized spacial score (nSPS) is 19.3. The highest BCUT2D eigenvalue weighted by Crippen LogP contribution is 2.24. The zero-order valence-corrected chi connectivity index (χ0v) is 11.9. The van der Waals surface area contributed by atoms with Gasteiger partial charge in [-0.25, -0.2) is 0 Å². The number of hydrogen-bond donors (Lipinski definition) is 1. The molecule has 0 bridgehead atoms. The van der Waals surface area contributed by atoms with Gasteiger partial charge in [0.15, 0.2) is 0 Å². The zero-order chi connectivity index (χ0) is 13.8.